The summed E-state index contributed by atoms with van der Waals surface area (Å²) in [7, 11) is 0. The second-order valence-corrected chi connectivity index (χ2v) is 4.89. The van der Waals surface area contributed by atoms with Crippen LogP contribution in [0.4, 0.5) is 0 Å². The van der Waals surface area contributed by atoms with Gasteiger partial charge in [0.15, 0.2) is 0 Å². The molecule has 1 fully saturated rings. The van der Waals surface area contributed by atoms with Crippen LogP contribution in [0.5, 0.6) is 0 Å². The number of nitrogens with two attached hydrogens (primary N) is 1. The van der Waals surface area contributed by atoms with Crippen LogP contribution < -0.4 is 5.73 Å². The summed E-state index contributed by atoms with van der Waals surface area (Å²) in [6, 6.07) is 8.51. The van der Waals surface area contributed by atoms with Crippen molar-refractivity contribution >= 4 is 11.9 Å². The van der Waals surface area contributed by atoms with Crippen LogP contribution in [-0.4, -0.2) is 49.1 Å². The minimum Gasteiger partial charge on any atom is -0.461 e. The maximum absolute atomic E-state index is 12.0. The predicted molar refractivity (Wildman–Crippen MR) is 76.2 cm³/mol. The van der Waals surface area contributed by atoms with Gasteiger partial charge in [-0.3, -0.25) is 9.59 Å². The van der Waals surface area contributed by atoms with Crippen LogP contribution in [0.1, 0.15) is 12.0 Å². The van der Waals surface area contributed by atoms with Gasteiger partial charge < -0.3 is 20.1 Å². The average Bonchev–Trinajstić information content (AvgIpc) is 2.54. The Bertz CT molecular complexity index is 472. The summed E-state index contributed by atoms with van der Waals surface area (Å²) in [4.78, 5) is 25.4. The molecule has 6 nitrogen and oxygen atoms in total. The summed E-state index contributed by atoms with van der Waals surface area (Å²) < 4.78 is 10.3. The van der Waals surface area contributed by atoms with E-state index in [0.29, 0.717) is 26.3 Å². The number of benzene rings is 1. The van der Waals surface area contributed by atoms with Gasteiger partial charge in [0, 0.05) is 13.1 Å². The largest absolute Gasteiger partial charge is 0.461 e. The van der Waals surface area contributed by atoms with Gasteiger partial charge in [-0.2, -0.15) is 0 Å². The summed E-state index contributed by atoms with van der Waals surface area (Å²) in [6.45, 7) is 2.25. The van der Waals surface area contributed by atoms with Crippen LogP contribution in [0.2, 0.25) is 0 Å². The molecule has 0 bridgehead atoms. The predicted octanol–water partition coefficient (Wildman–Crippen LogP) is 0.306. The number of nitrogens with zero attached hydrogens (tertiary/aromatic N) is 1. The molecule has 1 aliphatic rings. The topological polar surface area (TPSA) is 81.9 Å². The number of amides is 1. The summed E-state index contributed by atoms with van der Waals surface area (Å²) in [5, 5.41) is 0. The lowest BCUT2D eigenvalue weighted by Gasteiger charge is -2.28. The van der Waals surface area contributed by atoms with Gasteiger partial charge >= 0.3 is 5.97 Å². The third-order valence-electron chi connectivity index (χ3n) is 3.27. The zero-order chi connectivity index (χ0) is 15.1. The highest BCUT2D eigenvalue weighted by atomic mass is 16.5. The van der Waals surface area contributed by atoms with Crippen LogP contribution in [0.25, 0.3) is 0 Å². The lowest BCUT2D eigenvalue weighted by atomic mass is 10.2. The first-order valence-corrected chi connectivity index (χ1v) is 6.98. The van der Waals surface area contributed by atoms with E-state index in [1.54, 1.807) is 4.90 Å². The normalized spacial score (nSPS) is 16.3. The van der Waals surface area contributed by atoms with E-state index in [0.717, 1.165) is 5.56 Å². The molecule has 1 atom stereocenters. The van der Waals surface area contributed by atoms with E-state index < -0.39 is 12.0 Å². The van der Waals surface area contributed by atoms with Gasteiger partial charge in [-0.05, 0) is 5.56 Å². The first kappa shape index (κ1) is 15.5. The molecule has 2 rings (SSSR count). The van der Waals surface area contributed by atoms with Crippen LogP contribution in [0, 0.1) is 0 Å². The molecule has 2 N–H and O–H groups in total. The summed E-state index contributed by atoms with van der Waals surface area (Å²) in [6.07, 6.45) is -0.108. The minimum absolute atomic E-state index is 0.108. The van der Waals surface area contributed by atoms with Crippen molar-refractivity contribution in [1.82, 2.24) is 4.90 Å². The summed E-state index contributed by atoms with van der Waals surface area (Å²) in [5.74, 6) is -0.692. The van der Waals surface area contributed by atoms with E-state index in [4.69, 9.17) is 15.2 Å². The van der Waals surface area contributed by atoms with Crippen molar-refractivity contribution < 1.29 is 19.1 Å². The minimum atomic E-state index is -0.855. The van der Waals surface area contributed by atoms with Gasteiger partial charge in [0.25, 0.3) is 0 Å². The Morgan fingerprint density at radius 2 is 1.90 bits per heavy atom. The van der Waals surface area contributed by atoms with E-state index in [9.17, 15) is 9.59 Å². The number of ether oxygens (including phenoxy) is 2. The molecular weight excluding hydrogens is 272 g/mol. The molecule has 1 aromatic rings. The molecule has 1 saturated heterocycles. The number of morpholine rings is 1. The fourth-order valence-electron chi connectivity index (χ4n) is 2.08. The number of carbonyl (C=O) groups is 2. The molecule has 21 heavy (non-hydrogen) atoms. The first-order chi connectivity index (χ1) is 10.2. The van der Waals surface area contributed by atoms with Gasteiger partial charge in [0.2, 0.25) is 5.91 Å². The molecule has 0 radical (unpaired) electrons. The zero-order valence-corrected chi connectivity index (χ0v) is 11.9. The van der Waals surface area contributed by atoms with Crippen LogP contribution in [0.15, 0.2) is 30.3 Å². The quantitative estimate of drug-likeness (QED) is 0.790. The Labute approximate surface area is 123 Å². The third-order valence-corrected chi connectivity index (χ3v) is 3.27. The summed E-state index contributed by atoms with van der Waals surface area (Å²) >= 11 is 0. The van der Waals surface area contributed by atoms with Crippen molar-refractivity contribution in [1.29, 1.82) is 0 Å². The molecule has 0 aliphatic carbocycles. The lowest BCUT2D eigenvalue weighted by molar-refractivity contribution is -0.148. The molecule has 1 aromatic carbocycles. The highest BCUT2D eigenvalue weighted by Gasteiger charge is 2.25. The fraction of sp³-hybridized carbons (Fsp3) is 0.467. The third kappa shape index (κ3) is 4.84. The van der Waals surface area contributed by atoms with Crippen molar-refractivity contribution in [3.05, 3.63) is 35.9 Å². The molecule has 1 amide bonds. The number of hydrogen-bond donors (Lipinski definition) is 1. The maximum atomic E-state index is 12.0. The van der Waals surface area contributed by atoms with Gasteiger partial charge in [-0.25, -0.2) is 0 Å². The Morgan fingerprint density at radius 1 is 1.24 bits per heavy atom. The number of carbonyl (C=O) groups excluding carboxylic acids is 2. The second kappa shape index (κ2) is 7.75. The van der Waals surface area contributed by atoms with Crippen molar-refractivity contribution in [3.8, 4) is 0 Å². The van der Waals surface area contributed by atoms with E-state index in [1.165, 1.54) is 0 Å². The lowest BCUT2D eigenvalue weighted by Crippen LogP contribution is -2.49. The average molecular weight is 292 g/mol. The Hall–Kier alpha value is -1.92. The van der Waals surface area contributed by atoms with Crippen molar-refractivity contribution in [2.75, 3.05) is 26.3 Å². The molecule has 1 aliphatic heterocycles. The molecule has 1 heterocycles. The highest BCUT2D eigenvalue weighted by Crippen LogP contribution is 2.05. The zero-order valence-electron chi connectivity index (χ0n) is 11.9. The highest BCUT2D eigenvalue weighted by molar-refractivity contribution is 5.86. The van der Waals surface area contributed by atoms with Gasteiger partial charge in [0.05, 0.1) is 25.7 Å². The smallest absolute Gasteiger partial charge is 0.308 e. The monoisotopic (exact) mass is 292 g/mol. The molecule has 114 valence electrons. The van der Waals surface area contributed by atoms with E-state index in [2.05, 4.69) is 0 Å². The molecule has 6 heteroatoms. The second-order valence-electron chi connectivity index (χ2n) is 4.89. The van der Waals surface area contributed by atoms with Crippen molar-refractivity contribution in [2.24, 2.45) is 5.73 Å². The van der Waals surface area contributed by atoms with Crippen molar-refractivity contribution in [3.63, 3.8) is 0 Å². The fourth-order valence-corrected chi connectivity index (χ4v) is 2.08. The standard InChI is InChI=1S/C15H20N2O4/c16-13(15(19)17-6-8-20-9-7-17)10-14(18)21-11-12-4-2-1-3-5-12/h1-5,13H,6-11,16H2/t13-/m0/s1. The molecular formula is C15H20N2O4. The number of rotatable bonds is 5. The SMILES string of the molecule is N[C@@H](CC(=O)OCc1ccccc1)C(=O)N1CCOCC1. The van der Waals surface area contributed by atoms with Gasteiger partial charge in [-0.1, -0.05) is 30.3 Å². The molecule has 0 unspecified atom stereocenters. The molecule has 0 saturated carbocycles. The van der Waals surface area contributed by atoms with Gasteiger partial charge in [-0.15, -0.1) is 0 Å². The molecule has 0 spiro atoms. The van der Waals surface area contributed by atoms with E-state index in [-0.39, 0.29) is 18.9 Å². The first-order valence-electron chi connectivity index (χ1n) is 6.98. The van der Waals surface area contributed by atoms with E-state index >= 15 is 0 Å². The van der Waals surface area contributed by atoms with Crippen LogP contribution >= 0.6 is 0 Å². The number of hydrogen-bond acceptors (Lipinski definition) is 5. The number of esters is 1. The molecule has 0 aromatic heterocycles. The summed E-state index contributed by atoms with van der Waals surface area (Å²) in [5.41, 5.74) is 6.69. The van der Waals surface area contributed by atoms with E-state index in [1.807, 2.05) is 30.3 Å². The van der Waals surface area contributed by atoms with Crippen LogP contribution in [-0.2, 0) is 25.7 Å². The Balaban J connectivity index is 1.74. The Kier molecular flexibility index (Phi) is 5.71. The van der Waals surface area contributed by atoms with Gasteiger partial charge in [0.1, 0.15) is 6.61 Å². The maximum Gasteiger partial charge on any atom is 0.308 e. The van der Waals surface area contributed by atoms with Crippen molar-refractivity contribution in [2.45, 2.75) is 19.1 Å². The van der Waals surface area contributed by atoms with Crippen LogP contribution in [0.3, 0.4) is 0 Å². The Morgan fingerprint density at radius 3 is 2.57 bits per heavy atom.